The summed E-state index contributed by atoms with van der Waals surface area (Å²) in [5, 5.41) is 0. The molecule has 106 valence electrons. The van der Waals surface area contributed by atoms with Crippen LogP contribution in [0.3, 0.4) is 0 Å². The highest BCUT2D eigenvalue weighted by Gasteiger charge is 2.20. The number of benzene rings is 1. The zero-order valence-electron chi connectivity index (χ0n) is 11.8. The number of imidazole rings is 1. The second-order valence-corrected chi connectivity index (χ2v) is 5.42. The average molecular weight is 281 g/mol. The van der Waals surface area contributed by atoms with E-state index >= 15 is 0 Å². The van der Waals surface area contributed by atoms with E-state index in [-0.39, 0.29) is 0 Å². The number of nitrogens with zero attached hydrogens (tertiary/aromatic N) is 3. The molecule has 0 amide bonds. The van der Waals surface area contributed by atoms with Gasteiger partial charge >= 0.3 is 0 Å². The summed E-state index contributed by atoms with van der Waals surface area (Å²) < 4.78 is 13.2. The molecule has 2 aliphatic heterocycles. The molecule has 0 saturated carbocycles. The molecule has 0 atom stereocenters. The Kier molecular flexibility index (Phi) is 3.20. The van der Waals surface area contributed by atoms with Crippen LogP contribution in [0.15, 0.2) is 24.4 Å². The normalized spacial score (nSPS) is 17.9. The Bertz CT molecular complexity index is 665. The van der Waals surface area contributed by atoms with E-state index in [4.69, 9.17) is 22.3 Å². The number of rotatable bonds is 2. The Labute approximate surface area is 124 Å². The highest BCUT2D eigenvalue weighted by Crippen LogP contribution is 2.28. The molecule has 0 spiro atoms. The van der Waals surface area contributed by atoms with Gasteiger partial charge in [-0.25, -0.2) is 4.98 Å². The van der Waals surface area contributed by atoms with Gasteiger partial charge in [0.1, 0.15) is 20.2 Å². The third-order valence-corrected chi connectivity index (χ3v) is 3.92. The first-order valence-corrected chi connectivity index (χ1v) is 7.19. The van der Waals surface area contributed by atoms with Crippen molar-refractivity contribution in [2.24, 2.45) is 0 Å². The summed E-state index contributed by atoms with van der Waals surface area (Å²) >= 11 is 0. The van der Waals surface area contributed by atoms with Crippen LogP contribution in [-0.2, 0) is 17.9 Å². The zero-order chi connectivity index (χ0) is 14.2. The summed E-state index contributed by atoms with van der Waals surface area (Å²) in [6, 6.07) is 5.73. The first-order valence-electron chi connectivity index (χ1n) is 7.19. The molecule has 3 heterocycles. The van der Waals surface area contributed by atoms with Crippen LogP contribution in [0.2, 0.25) is 0 Å². The Morgan fingerprint density at radius 3 is 2.95 bits per heavy atom. The van der Waals surface area contributed by atoms with Crippen molar-refractivity contribution >= 4 is 13.3 Å². The van der Waals surface area contributed by atoms with Crippen LogP contribution < -0.4 is 10.2 Å². The summed E-state index contributed by atoms with van der Waals surface area (Å²) in [6.45, 7) is 4.88. The van der Waals surface area contributed by atoms with Crippen LogP contribution in [0.4, 0.5) is 0 Å². The highest BCUT2D eigenvalue weighted by atomic mass is 16.5. The van der Waals surface area contributed by atoms with Crippen LogP contribution >= 0.6 is 0 Å². The quantitative estimate of drug-likeness (QED) is 0.747. The number of morpholine rings is 1. The van der Waals surface area contributed by atoms with Crippen molar-refractivity contribution < 1.29 is 9.47 Å². The van der Waals surface area contributed by atoms with Crippen molar-refractivity contribution in [2.45, 2.75) is 13.2 Å². The van der Waals surface area contributed by atoms with E-state index in [0.717, 1.165) is 55.8 Å². The minimum absolute atomic E-state index is 0.486. The molecule has 1 aromatic heterocycles. The minimum Gasteiger partial charge on any atom is -0.483 e. The van der Waals surface area contributed by atoms with E-state index in [2.05, 4.69) is 15.7 Å². The fourth-order valence-corrected chi connectivity index (χ4v) is 2.83. The second kappa shape index (κ2) is 5.20. The number of aromatic nitrogens is 2. The lowest BCUT2D eigenvalue weighted by Gasteiger charge is -2.25. The van der Waals surface area contributed by atoms with Gasteiger partial charge < -0.3 is 9.47 Å². The first kappa shape index (κ1) is 12.9. The van der Waals surface area contributed by atoms with Crippen LogP contribution in [0.1, 0.15) is 11.5 Å². The maximum atomic E-state index is 5.81. The third-order valence-electron chi connectivity index (χ3n) is 3.92. The van der Waals surface area contributed by atoms with Gasteiger partial charge in [-0.05, 0) is 12.1 Å². The van der Waals surface area contributed by atoms with Crippen LogP contribution in [-0.4, -0.2) is 48.6 Å². The molecular formula is C15H16BN3O2. The molecule has 4 rings (SSSR count). The van der Waals surface area contributed by atoms with Gasteiger partial charge in [-0.2, -0.15) is 0 Å². The zero-order valence-corrected chi connectivity index (χ0v) is 11.8. The fraction of sp³-hybridized carbons (Fsp3) is 0.400. The molecule has 0 N–H and O–H groups in total. The van der Waals surface area contributed by atoms with E-state index in [1.165, 1.54) is 0 Å². The topological polar surface area (TPSA) is 39.5 Å². The Morgan fingerprint density at radius 1 is 1.24 bits per heavy atom. The van der Waals surface area contributed by atoms with E-state index in [0.29, 0.717) is 12.1 Å². The Hall–Kier alpha value is -1.79. The second-order valence-electron chi connectivity index (χ2n) is 5.42. The SMILES string of the molecule is [B]c1ccc2c(c1)OCc1nc(CN3CCOCC3)cn1-2. The largest absolute Gasteiger partial charge is 0.483 e. The third kappa shape index (κ3) is 2.45. The molecule has 21 heavy (non-hydrogen) atoms. The minimum atomic E-state index is 0.486. The maximum Gasteiger partial charge on any atom is 0.151 e. The van der Waals surface area contributed by atoms with Crippen LogP contribution in [0, 0.1) is 0 Å². The average Bonchev–Trinajstić information content (AvgIpc) is 2.90. The van der Waals surface area contributed by atoms with Crippen molar-refractivity contribution in [3.05, 3.63) is 35.9 Å². The molecule has 0 unspecified atom stereocenters. The van der Waals surface area contributed by atoms with E-state index in [9.17, 15) is 0 Å². The van der Waals surface area contributed by atoms with Gasteiger partial charge in [0.05, 0.1) is 24.6 Å². The molecule has 0 bridgehead atoms. The number of hydrogen-bond donors (Lipinski definition) is 0. The molecule has 2 aliphatic rings. The van der Waals surface area contributed by atoms with Gasteiger partial charge in [0, 0.05) is 25.8 Å². The predicted octanol–water partition coefficient (Wildman–Crippen LogP) is 0.391. The van der Waals surface area contributed by atoms with Gasteiger partial charge in [0.25, 0.3) is 0 Å². The first-order chi connectivity index (χ1) is 10.3. The van der Waals surface area contributed by atoms with Crippen molar-refractivity contribution in [3.8, 4) is 11.4 Å². The lowest BCUT2D eigenvalue weighted by atomic mass is 9.95. The molecule has 0 aliphatic carbocycles. The summed E-state index contributed by atoms with van der Waals surface area (Å²) in [7, 11) is 5.81. The Balaban J connectivity index is 1.62. The number of hydrogen-bond acceptors (Lipinski definition) is 4. The Morgan fingerprint density at radius 2 is 2.10 bits per heavy atom. The van der Waals surface area contributed by atoms with Gasteiger partial charge in [-0.1, -0.05) is 11.5 Å². The summed E-state index contributed by atoms with van der Waals surface area (Å²) in [5.74, 6) is 1.76. The fourth-order valence-electron chi connectivity index (χ4n) is 2.83. The molecule has 6 heteroatoms. The molecule has 1 fully saturated rings. The smallest absolute Gasteiger partial charge is 0.151 e. The summed E-state index contributed by atoms with van der Waals surface area (Å²) in [4.78, 5) is 7.05. The summed E-state index contributed by atoms with van der Waals surface area (Å²) in [6.07, 6.45) is 2.10. The molecule has 1 saturated heterocycles. The standard InChI is InChI=1S/C15H16BN3O2/c16-11-1-2-13-14(7-11)21-10-15-17-12(9-19(13)15)8-18-3-5-20-6-4-18/h1-2,7,9H,3-6,8,10H2. The van der Waals surface area contributed by atoms with Crippen molar-refractivity contribution in [2.75, 3.05) is 26.3 Å². The van der Waals surface area contributed by atoms with Crippen LogP contribution in [0.25, 0.3) is 5.69 Å². The summed E-state index contributed by atoms with van der Waals surface area (Å²) in [5.41, 5.74) is 2.79. The lowest BCUT2D eigenvalue weighted by molar-refractivity contribution is 0.0337. The van der Waals surface area contributed by atoms with Gasteiger partial charge in [-0.3, -0.25) is 9.47 Å². The van der Waals surface area contributed by atoms with E-state index in [1.54, 1.807) is 0 Å². The van der Waals surface area contributed by atoms with Gasteiger partial charge in [0.2, 0.25) is 0 Å². The van der Waals surface area contributed by atoms with Crippen molar-refractivity contribution in [1.82, 2.24) is 14.5 Å². The molecule has 2 aromatic rings. The van der Waals surface area contributed by atoms with E-state index < -0.39 is 0 Å². The maximum absolute atomic E-state index is 5.81. The van der Waals surface area contributed by atoms with Crippen molar-refractivity contribution in [1.29, 1.82) is 0 Å². The van der Waals surface area contributed by atoms with Crippen LogP contribution in [0.5, 0.6) is 5.75 Å². The van der Waals surface area contributed by atoms with Gasteiger partial charge in [0.15, 0.2) is 5.82 Å². The monoisotopic (exact) mass is 281 g/mol. The lowest BCUT2D eigenvalue weighted by Crippen LogP contribution is -2.35. The molecule has 5 nitrogen and oxygen atoms in total. The highest BCUT2D eigenvalue weighted by molar-refractivity contribution is 6.32. The predicted molar refractivity (Wildman–Crippen MR) is 79.4 cm³/mol. The van der Waals surface area contributed by atoms with Gasteiger partial charge in [-0.15, -0.1) is 0 Å². The number of ether oxygens (including phenoxy) is 2. The molecular weight excluding hydrogens is 265 g/mol. The number of fused-ring (bicyclic) bond motifs is 3. The van der Waals surface area contributed by atoms with E-state index in [1.807, 2.05) is 18.2 Å². The molecule has 1 aromatic carbocycles. The molecule has 2 radical (unpaired) electrons. The van der Waals surface area contributed by atoms with Crippen molar-refractivity contribution in [3.63, 3.8) is 0 Å².